The van der Waals surface area contributed by atoms with E-state index in [1.165, 1.54) is 13.8 Å². The van der Waals surface area contributed by atoms with Crippen molar-refractivity contribution in [1.29, 1.82) is 0 Å². The number of ether oxygens (including phenoxy) is 4. The molecule has 0 aromatic heterocycles. The lowest BCUT2D eigenvalue weighted by Crippen LogP contribution is -2.21. The Morgan fingerprint density at radius 3 is 1.07 bits per heavy atom. The molecule has 0 saturated heterocycles. The molecular weight excluding hydrogens is 392 g/mol. The second kappa shape index (κ2) is 17.7. The highest BCUT2D eigenvalue weighted by atomic mass is 16.7. The monoisotopic (exact) mass is 430 g/mol. The van der Waals surface area contributed by atoms with E-state index in [2.05, 4.69) is 0 Å². The summed E-state index contributed by atoms with van der Waals surface area (Å²) in [4.78, 5) is 45.5. The molecule has 0 N–H and O–H groups in total. The molecule has 0 aliphatic carbocycles. The maximum Gasteiger partial charge on any atom is 0.308 e. The van der Waals surface area contributed by atoms with Crippen LogP contribution in [-0.2, 0) is 38.1 Å². The molecular formula is C22H38O8. The van der Waals surface area contributed by atoms with Gasteiger partial charge in [-0.15, -0.1) is 0 Å². The molecule has 8 heteroatoms. The number of rotatable bonds is 17. The van der Waals surface area contributed by atoms with Gasteiger partial charge in [-0.1, -0.05) is 52.4 Å². The second-order valence-electron chi connectivity index (χ2n) is 7.13. The molecule has 0 radical (unpaired) electrons. The molecule has 0 rings (SSSR count). The molecule has 0 heterocycles. The Hall–Kier alpha value is -2.12. The van der Waals surface area contributed by atoms with Crippen molar-refractivity contribution >= 4 is 23.9 Å². The van der Waals surface area contributed by atoms with Crippen molar-refractivity contribution in [3.8, 4) is 0 Å². The normalized spacial score (nSPS) is 12.5. The molecule has 0 aromatic carbocycles. The first-order valence-corrected chi connectivity index (χ1v) is 11.1. The van der Waals surface area contributed by atoms with Crippen LogP contribution in [0, 0.1) is 0 Å². The third-order valence-electron chi connectivity index (χ3n) is 4.28. The van der Waals surface area contributed by atoms with Crippen molar-refractivity contribution < 1.29 is 38.1 Å². The van der Waals surface area contributed by atoms with Gasteiger partial charge in [0.05, 0.1) is 0 Å². The predicted octanol–water partition coefficient (Wildman–Crippen LogP) is 4.57. The highest BCUT2D eigenvalue weighted by Crippen LogP contribution is 2.12. The van der Waals surface area contributed by atoms with Crippen molar-refractivity contribution in [2.75, 3.05) is 0 Å². The van der Waals surface area contributed by atoms with Crippen molar-refractivity contribution in [1.82, 2.24) is 0 Å². The Kier molecular flexibility index (Phi) is 16.5. The molecule has 8 nitrogen and oxygen atoms in total. The van der Waals surface area contributed by atoms with E-state index in [1.54, 1.807) is 13.8 Å². The summed E-state index contributed by atoms with van der Waals surface area (Å²) in [5, 5.41) is 0. The maximum absolute atomic E-state index is 11.6. The average Bonchev–Trinajstić information content (AvgIpc) is 2.68. The van der Waals surface area contributed by atoms with Gasteiger partial charge in [0, 0.05) is 39.5 Å². The zero-order valence-electron chi connectivity index (χ0n) is 18.9. The van der Waals surface area contributed by atoms with Gasteiger partial charge >= 0.3 is 23.9 Å². The number of carbonyl (C=O) groups excluding carboxylic acids is 4. The first-order valence-electron chi connectivity index (χ1n) is 11.1. The average molecular weight is 431 g/mol. The van der Waals surface area contributed by atoms with Gasteiger partial charge in [-0.3, -0.25) is 19.2 Å². The van der Waals surface area contributed by atoms with Crippen LogP contribution >= 0.6 is 0 Å². The summed E-state index contributed by atoms with van der Waals surface area (Å²) in [6.07, 6.45) is 7.09. The predicted molar refractivity (Wildman–Crippen MR) is 110 cm³/mol. The van der Waals surface area contributed by atoms with Crippen molar-refractivity contribution in [2.24, 2.45) is 0 Å². The van der Waals surface area contributed by atoms with Gasteiger partial charge in [-0.2, -0.15) is 0 Å². The van der Waals surface area contributed by atoms with Crippen molar-refractivity contribution in [2.45, 2.75) is 117 Å². The Balaban J connectivity index is 3.51. The highest BCUT2D eigenvalue weighted by molar-refractivity contribution is 5.71. The molecule has 0 amide bonds. The topological polar surface area (TPSA) is 105 Å². The summed E-state index contributed by atoms with van der Waals surface area (Å²) in [7, 11) is 0. The fourth-order valence-corrected chi connectivity index (χ4v) is 2.67. The minimum absolute atomic E-state index is 0.251. The lowest BCUT2D eigenvalue weighted by molar-refractivity contribution is -0.186. The number of carbonyl (C=O) groups is 4. The molecule has 0 aliphatic rings. The molecule has 0 bridgehead atoms. The quantitative estimate of drug-likeness (QED) is 0.188. The van der Waals surface area contributed by atoms with Crippen LogP contribution in [0.3, 0.4) is 0 Å². The van der Waals surface area contributed by atoms with E-state index in [0.29, 0.717) is 12.8 Å². The Morgan fingerprint density at radius 1 is 0.500 bits per heavy atom. The van der Waals surface area contributed by atoms with Gasteiger partial charge in [0.15, 0.2) is 0 Å². The summed E-state index contributed by atoms with van der Waals surface area (Å²) in [5.74, 6) is -1.48. The number of esters is 4. The Bertz CT molecular complexity index is 471. The Labute approximate surface area is 180 Å². The van der Waals surface area contributed by atoms with E-state index in [9.17, 15) is 19.2 Å². The SMILES string of the molecule is CCC(=O)OC(C)OC(=O)CCCCCCCCCCC(=O)OC(C)OC(=O)CC. The van der Waals surface area contributed by atoms with Gasteiger partial charge in [0.2, 0.25) is 12.6 Å². The molecule has 0 saturated carbocycles. The van der Waals surface area contributed by atoms with Crippen LogP contribution in [0.2, 0.25) is 0 Å². The zero-order valence-corrected chi connectivity index (χ0v) is 18.9. The largest absolute Gasteiger partial charge is 0.425 e. The van der Waals surface area contributed by atoms with E-state index in [4.69, 9.17) is 18.9 Å². The molecule has 0 fully saturated rings. The third-order valence-corrected chi connectivity index (χ3v) is 4.28. The highest BCUT2D eigenvalue weighted by Gasteiger charge is 2.13. The van der Waals surface area contributed by atoms with Gasteiger partial charge in [0.25, 0.3) is 0 Å². The van der Waals surface area contributed by atoms with E-state index in [-0.39, 0.29) is 36.7 Å². The first-order chi connectivity index (χ1) is 14.3. The minimum Gasteiger partial charge on any atom is -0.425 e. The summed E-state index contributed by atoms with van der Waals surface area (Å²) in [6.45, 7) is 6.43. The number of unbranched alkanes of at least 4 members (excludes halogenated alkanes) is 7. The standard InChI is InChI=1S/C22H38O8/c1-5-19(23)27-17(3)29-21(25)15-13-11-9-7-8-10-12-14-16-22(26)30-18(4)28-20(24)6-2/h17-18H,5-16H2,1-4H3. The maximum atomic E-state index is 11.6. The van der Waals surface area contributed by atoms with E-state index >= 15 is 0 Å². The van der Waals surface area contributed by atoms with Gasteiger partial charge in [-0.25, -0.2) is 0 Å². The molecule has 30 heavy (non-hydrogen) atoms. The summed E-state index contributed by atoms with van der Waals surface area (Å²) >= 11 is 0. The lowest BCUT2D eigenvalue weighted by Gasteiger charge is -2.13. The van der Waals surface area contributed by atoms with E-state index < -0.39 is 12.6 Å². The lowest BCUT2D eigenvalue weighted by atomic mass is 10.1. The number of hydrogen-bond acceptors (Lipinski definition) is 8. The zero-order chi connectivity index (χ0) is 22.8. The summed E-state index contributed by atoms with van der Waals surface area (Å²) < 4.78 is 19.8. The van der Waals surface area contributed by atoms with Gasteiger partial charge in [-0.05, 0) is 12.8 Å². The van der Waals surface area contributed by atoms with Crippen LogP contribution in [-0.4, -0.2) is 36.5 Å². The van der Waals surface area contributed by atoms with E-state index in [1.807, 2.05) is 0 Å². The summed E-state index contributed by atoms with van der Waals surface area (Å²) in [5.41, 5.74) is 0. The van der Waals surface area contributed by atoms with Crippen LogP contribution in [0.1, 0.15) is 105 Å². The molecule has 2 unspecified atom stereocenters. The van der Waals surface area contributed by atoms with Crippen LogP contribution < -0.4 is 0 Å². The van der Waals surface area contributed by atoms with Gasteiger partial charge in [0.1, 0.15) is 0 Å². The summed E-state index contributed by atoms with van der Waals surface area (Å²) in [6, 6.07) is 0. The molecule has 2 atom stereocenters. The second-order valence-corrected chi connectivity index (χ2v) is 7.13. The van der Waals surface area contributed by atoms with Crippen LogP contribution in [0.25, 0.3) is 0 Å². The minimum atomic E-state index is -0.836. The first kappa shape index (κ1) is 27.9. The number of hydrogen-bond donors (Lipinski definition) is 0. The van der Waals surface area contributed by atoms with Crippen LogP contribution in [0.4, 0.5) is 0 Å². The van der Waals surface area contributed by atoms with Crippen molar-refractivity contribution in [3.05, 3.63) is 0 Å². The third kappa shape index (κ3) is 16.8. The van der Waals surface area contributed by atoms with Crippen molar-refractivity contribution in [3.63, 3.8) is 0 Å². The molecule has 0 spiro atoms. The Morgan fingerprint density at radius 2 is 0.767 bits per heavy atom. The fourth-order valence-electron chi connectivity index (χ4n) is 2.67. The fraction of sp³-hybridized carbons (Fsp3) is 0.818. The van der Waals surface area contributed by atoms with Gasteiger partial charge < -0.3 is 18.9 Å². The smallest absolute Gasteiger partial charge is 0.308 e. The van der Waals surface area contributed by atoms with E-state index in [0.717, 1.165) is 51.4 Å². The van der Waals surface area contributed by atoms with Crippen LogP contribution in [0.5, 0.6) is 0 Å². The van der Waals surface area contributed by atoms with Crippen LogP contribution in [0.15, 0.2) is 0 Å². The molecule has 174 valence electrons. The molecule has 0 aliphatic heterocycles. The molecule has 0 aromatic rings.